The number of hydrogen-bond donors (Lipinski definition) is 1. The number of piperidine rings is 1. The van der Waals surface area contributed by atoms with E-state index in [4.69, 9.17) is 10.00 Å². The van der Waals surface area contributed by atoms with Crippen LogP contribution in [-0.4, -0.2) is 36.0 Å². The summed E-state index contributed by atoms with van der Waals surface area (Å²) in [5.41, 5.74) is 0.866. The molecule has 0 spiro atoms. The van der Waals surface area contributed by atoms with E-state index in [0.29, 0.717) is 30.4 Å². The molecule has 1 aliphatic heterocycles. The van der Waals surface area contributed by atoms with Crippen LogP contribution in [0.2, 0.25) is 0 Å². The molecule has 1 atom stereocenters. The minimum Gasteiger partial charge on any atom is -0.449 e. The number of ether oxygens (including phenoxy) is 1. The van der Waals surface area contributed by atoms with Crippen molar-refractivity contribution in [3.05, 3.63) is 63.7 Å². The van der Waals surface area contributed by atoms with E-state index < -0.39 is 22.9 Å². The number of nitriles is 1. The standard InChI is InChI=1S/C23H24N4O5/c1-15-9-11-26(12-10-15)20-8-7-17(13-21(20)27(30)31)23(29)32-16(2)22(28)25-19-6-4-3-5-18(19)14-24/h3-8,13,15-16H,9-12H2,1-2H3,(H,25,28). The van der Waals surface area contributed by atoms with E-state index in [1.165, 1.54) is 19.1 Å². The number of rotatable bonds is 6. The Balaban J connectivity index is 1.71. The van der Waals surface area contributed by atoms with Crippen molar-refractivity contribution < 1.29 is 19.2 Å². The molecule has 1 heterocycles. The van der Waals surface area contributed by atoms with Crippen LogP contribution >= 0.6 is 0 Å². The monoisotopic (exact) mass is 436 g/mol. The second kappa shape index (κ2) is 9.92. The van der Waals surface area contributed by atoms with Gasteiger partial charge in [0.15, 0.2) is 6.10 Å². The first-order valence-corrected chi connectivity index (χ1v) is 10.3. The fourth-order valence-corrected chi connectivity index (χ4v) is 3.52. The Labute approximate surface area is 185 Å². The van der Waals surface area contributed by atoms with Crippen molar-refractivity contribution in [1.29, 1.82) is 5.26 Å². The number of nitrogens with zero attached hydrogens (tertiary/aromatic N) is 3. The highest BCUT2D eigenvalue weighted by molar-refractivity contribution is 5.98. The molecule has 1 unspecified atom stereocenters. The summed E-state index contributed by atoms with van der Waals surface area (Å²) in [5, 5.41) is 23.3. The normalized spacial score (nSPS) is 14.8. The minimum atomic E-state index is -1.17. The van der Waals surface area contributed by atoms with Crippen molar-refractivity contribution in [2.24, 2.45) is 5.92 Å². The molecule has 1 N–H and O–H groups in total. The molecule has 0 radical (unpaired) electrons. The van der Waals surface area contributed by atoms with Gasteiger partial charge in [0.25, 0.3) is 11.6 Å². The van der Waals surface area contributed by atoms with Crippen LogP contribution < -0.4 is 10.2 Å². The first kappa shape index (κ1) is 22.7. The average molecular weight is 436 g/mol. The summed E-state index contributed by atoms with van der Waals surface area (Å²) >= 11 is 0. The lowest BCUT2D eigenvalue weighted by molar-refractivity contribution is -0.384. The third-order valence-electron chi connectivity index (χ3n) is 5.49. The van der Waals surface area contributed by atoms with Crippen LogP contribution in [0.15, 0.2) is 42.5 Å². The molecular formula is C23H24N4O5. The fourth-order valence-electron chi connectivity index (χ4n) is 3.52. The van der Waals surface area contributed by atoms with Gasteiger partial charge in [-0.3, -0.25) is 14.9 Å². The zero-order valence-electron chi connectivity index (χ0n) is 17.9. The lowest BCUT2D eigenvalue weighted by Crippen LogP contribution is -2.33. The number of carbonyl (C=O) groups is 2. The van der Waals surface area contributed by atoms with Gasteiger partial charge < -0.3 is 15.0 Å². The van der Waals surface area contributed by atoms with Crippen molar-refractivity contribution in [3.63, 3.8) is 0 Å². The van der Waals surface area contributed by atoms with Gasteiger partial charge in [-0.05, 0) is 49.9 Å². The second-order valence-corrected chi connectivity index (χ2v) is 7.82. The van der Waals surface area contributed by atoms with E-state index in [9.17, 15) is 19.7 Å². The summed E-state index contributed by atoms with van der Waals surface area (Å²) in [6, 6.07) is 12.6. The number of nitro groups is 1. The van der Waals surface area contributed by atoms with Crippen LogP contribution in [-0.2, 0) is 9.53 Å². The van der Waals surface area contributed by atoms with Crippen molar-refractivity contribution in [2.75, 3.05) is 23.3 Å². The number of amides is 1. The van der Waals surface area contributed by atoms with E-state index in [2.05, 4.69) is 12.2 Å². The highest BCUT2D eigenvalue weighted by atomic mass is 16.6. The van der Waals surface area contributed by atoms with Gasteiger partial charge in [-0.2, -0.15) is 5.26 Å². The molecule has 32 heavy (non-hydrogen) atoms. The quantitative estimate of drug-likeness (QED) is 0.414. The van der Waals surface area contributed by atoms with E-state index in [0.717, 1.165) is 12.8 Å². The van der Waals surface area contributed by atoms with Crippen molar-refractivity contribution >= 4 is 28.9 Å². The Kier molecular flexibility index (Phi) is 7.05. The molecule has 1 amide bonds. The molecule has 1 aliphatic rings. The Morgan fingerprint density at radius 1 is 1.25 bits per heavy atom. The Hall–Kier alpha value is -3.93. The van der Waals surface area contributed by atoms with Crippen LogP contribution in [0.5, 0.6) is 0 Å². The zero-order valence-corrected chi connectivity index (χ0v) is 17.9. The number of anilines is 2. The van der Waals surface area contributed by atoms with Gasteiger partial charge in [0.05, 0.1) is 21.7 Å². The van der Waals surface area contributed by atoms with Crippen LogP contribution in [0.1, 0.15) is 42.6 Å². The lowest BCUT2D eigenvalue weighted by Gasteiger charge is -2.31. The van der Waals surface area contributed by atoms with Crippen LogP contribution in [0.4, 0.5) is 17.1 Å². The molecule has 3 rings (SSSR count). The van der Waals surface area contributed by atoms with Crippen molar-refractivity contribution in [2.45, 2.75) is 32.8 Å². The number of nitrogens with one attached hydrogen (secondary N) is 1. The van der Waals surface area contributed by atoms with Gasteiger partial charge in [0, 0.05) is 19.2 Å². The largest absolute Gasteiger partial charge is 0.449 e. The maximum atomic E-state index is 12.5. The third-order valence-corrected chi connectivity index (χ3v) is 5.49. The van der Waals surface area contributed by atoms with Crippen LogP contribution in [0.25, 0.3) is 0 Å². The summed E-state index contributed by atoms with van der Waals surface area (Å²) in [7, 11) is 0. The molecule has 1 saturated heterocycles. The highest BCUT2D eigenvalue weighted by Crippen LogP contribution is 2.32. The van der Waals surface area contributed by atoms with E-state index in [1.54, 1.807) is 30.3 Å². The van der Waals surface area contributed by atoms with E-state index >= 15 is 0 Å². The molecule has 9 nitrogen and oxygen atoms in total. The smallest absolute Gasteiger partial charge is 0.339 e. The third kappa shape index (κ3) is 5.21. The molecule has 166 valence electrons. The lowest BCUT2D eigenvalue weighted by atomic mass is 9.98. The average Bonchev–Trinajstić information content (AvgIpc) is 2.79. The Morgan fingerprint density at radius 3 is 2.59 bits per heavy atom. The number of nitro benzene ring substituents is 1. The van der Waals surface area contributed by atoms with Crippen molar-refractivity contribution in [3.8, 4) is 6.07 Å². The van der Waals surface area contributed by atoms with E-state index in [-0.39, 0.29) is 16.8 Å². The van der Waals surface area contributed by atoms with Gasteiger partial charge >= 0.3 is 5.97 Å². The first-order chi connectivity index (χ1) is 15.3. The zero-order chi connectivity index (χ0) is 23.3. The number of benzene rings is 2. The number of esters is 1. The summed E-state index contributed by atoms with van der Waals surface area (Å²) in [6.07, 6.45) is 0.724. The van der Waals surface area contributed by atoms with Crippen LogP contribution in [0, 0.1) is 27.4 Å². The van der Waals surface area contributed by atoms with Gasteiger partial charge in [0.2, 0.25) is 0 Å². The fraction of sp³-hybridized carbons (Fsp3) is 0.348. The number of hydrogen-bond acceptors (Lipinski definition) is 7. The molecule has 0 aromatic heterocycles. The molecule has 2 aromatic rings. The summed E-state index contributed by atoms with van der Waals surface area (Å²) in [6.45, 7) is 4.97. The Bertz CT molecular complexity index is 1070. The molecule has 0 saturated carbocycles. The number of para-hydroxylation sites is 1. The van der Waals surface area contributed by atoms with Crippen molar-refractivity contribution in [1.82, 2.24) is 0 Å². The topological polar surface area (TPSA) is 126 Å². The van der Waals surface area contributed by atoms with Gasteiger partial charge in [-0.25, -0.2) is 4.79 Å². The molecule has 0 aliphatic carbocycles. The Morgan fingerprint density at radius 2 is 1.94 bits per heavy atom. The van der Waals surface area contributed by atoms with Gasteiger partial charge in [-0.1, -0.05) is 19.1 Å². The SMILES string of the molecule is CC1CCN(c2ccc(C(=O)OC(C)C(=O)Nc3ccccc3C#N)cc2[N+](=O)[O-])CC1. The predicted octanol–water partition coefficient (Wildman–Crippen LogP) is 3.89. The van der Waals surface area contributed by atoms with Crippen LogP contribution in [0.3, 0.4) is 0 Å². The van der Waals surface area contributed by atoms with Gasteiger partial charge in [-0.15, -0.1) is 0 Å². The maximum Gasteiger partial charge on any atom is 0.339 e. The second-order valence-electron chi connectivity index (χ2n) is 7.82. The molecule has 0 bridgehead atoms. The maximum absolute atomic E-state index is 12.5. The molecular weight excluding hydrogens is 412 g/mol. The van der Waals surface area contributed by atoms with E-state index in [1.807, 2.05) is 11.0 Å². The molecule has 9 heteroatoms. The minimum absolute atomic E-state index is 0.0112. The number of carbonyl (C=O) groups excluding carboxylic acids is 2. The summed E-state index contributed by atoms with van der Waals surface area (Å²) in [5.74, 6) is -0.884. The molecule has 1 fully saturated rings. The van der Waals surface area contributed by atoms with Gasteiger partial charge in [0.1, 0.15) is 11.8 Å². The summed E-state index contributed by atoms with van der Waals surface area (Å²) in [4.78, 5) is 38.0. The predicted molar refractivity (Wildman–Crippen MR) is 118 cm³/mol. The molecule has 2 aromatic carbocycles. The highest BCUT2D eigenvalue weighted by Gasteiger charge is 2.26. The summed E-state index contributed by atoms with van der Waals surface area (Å²) < 4.78 is 5.21. The first-order valence-electron chi connectivity index (χ1n) is 10.3.